The van der Waals surface area contributed by atoms with Crippen LogP contribution in [-0.2, 0) is 11.8 Å². The minimum Gasteiger partial charge on any atom is -0.373 e. The molecule has 1 atom stereocenters. The molecule has 0 bridgehead atoms. The van der Waals surface area contributed by atoms with Crippen molar-refractivity contribution in [2.24, 2.45) is 12.8 Å². The third-order valence-electron chi connectivity index (χ3n) is 2.62. The predicted molar refractivity (Wildman–Crippen MR) is 57.9 cm³/mol. The molecule has 1 amide bonds. The van der Waals surface area contributed by atoms with Gasteiger partial charge in [0.15, 0.2) is 0 Å². The molecular weight excluding hydrogens is 208 g/mol. The highest BCUT2D eigenvalue weighted by atomic mass is 16.5. The van der Waals surface area contributed by atoms with Gasteiger partial charge in [-0.1, -0.05) is 0 Å². The summed E-state index contributed by atoms with van der Waals surface area (Å²) in [5.41, 5.74) is 6.00. The molecule has 6 nitrogen and oxygen atoms in total. The van der Waals surface area contributed by atoms with Crippen LogP contribution in [0.25, 0.3) is 0 Å². The highest BCUT2D eigenvalue weighted by molar-refractivity contribution is 5.92. The van der Waals surface area contributed by atoms with Crippen molar-refractivity contribution in [2.45, 2.75) is 6.10 Å². The Morgan fingerprint density at radius 3 is 3.19 bits per heavy atom. The fourth-order valence-corrected chi connectivity index (χ4v) is 1.74. The van der Waals surface area contributed by atoms with Gasteiger partial charge < -0.3 is 15.4 Å². The Balaban J connectivity index is 2.04. The number of amides is 1. The van der Waals surface area contributed by atoms with Gasteiger partial charge in [-0.15, -0.1) is 0 Å². The number of aryl methyl sites for hydroxylation is 1. The van der Waals surface area contributed by atoms with Crippen LogP contribution in [-0.4, -0.2) is 52.9 Å². The van der Waals surface area contributed by atoms with E-state index in [0.29, 0.717) is 31.9 Å². The highest BCUT2D eigenvalue weighted by Gasteiger charge is 2.25. The van der Waals surface area contributed by atoms with Crippen LogP contribution in [0, 0.1) is 0 Å². The second-order valence-electron chi connectivity index (χ2n) is 3.85. The molecule has 1 aromatic rings. The van der Waals surface area contributed by atoms with Gasteiger partial charge in [0.05, 0.1) is 12.7 Å². The molecule has 0 aromatic carbocycles. The van der Waals surface area contributed by atoms with E-state index in [2.05, 4.69) is 5.10 Å². The molecule has 0 aliphatic carbocycles. The molecule has 2 N–H and O–H groups in total. The van der Waals surface area contributed by atoms with E-state index in [1.807, 2.05) is 0 Å². The molecule has 1 aromatic heterocycles. The molecule has 0 radical (unpaired) electrons. The predicted octanol–water partition coefficient (Wildman–Crippen LogP) is -0.780. The third kappa shape index (κ3) is 2.23. The lowest BCUT2D eigenvalue weighted by Gasteiger charge is -2.31. The van der Waals surface area contributed by atoms with Crippen LogP contribution < -0.4 is 5.73 Å². The molecule has 6 heteroatoms. The first-order valence-electron chi connectivity index (χ1n) is 5.31. The Morgan fingerprint density at radius 2 is 2.56 bits per heavy atom. The number of nitrogens with zero attached hydrogens (tertiary/aromatic N) is 3. The van der Waals surface area contributed by atoms with Crippen molar-refractivity contribution in [2.75, 3.05) is 26.2 Å². The monoisotopic (exact) mass is 224 g/mol. The maximum Gasteiger partial charge on any atom is 0.274 e. The van der Waals surface area contributed by atoms with E-state index >= 15 is 0 Å². The molecule has 88 valence electrons. The second kappa shape index (κ2) is 4.63. The Bertz CT molecular complexity index is 377. The summed E-state index contributed by atoms with van der Waals surface area (Å²) in [6, 6.07) is 1.72. The molecule has 16 heavy (non-hydrogen) atoms. The van der Waals surface area contributed by atoms with Gasteiger partial charge in [0.2, 0.25) is 0 Å². The van der Waals surface area contributed by atoms with Gasteiger partial charge in [-0.3, -0.25) is 9.48 Å². The Kier molecular flexibility index (Phi) is 3.21. The Morgan fingerprint density at radius 1 is 1.75 bits per heavy atom. The zero-order valence-corrected chi connectivity index (χ0v) is 9.30. The van der Waals surface area contributed by atoms with Gasteiger partial charge in [0.25, 0.3) is 5.91 Å². The van der Waals surface area contributed by atoms with Crippen LogP contribution in [0.3, 0.4) is 0 Å². The summed E-state index contributed by atoms with van der Waals surface area (Å²) >= 11 is 0. The minimum atomic E-state index is -0.0542. The molecule has 0 saturated carbocycles. The van der Waals surface area contributed by atoms with Crippen molar-refractivity contribution in [3.8, 4) is 0 Å². The third-order valence-corrected chi connectivity index (χ3v) is 2.62. The lowest BCUT2D eigenvalue weighted by molar-refractivity contribution is -0.0169. The van der Waals surface area contributed by atoms with Gasteiger partial charge in [-0.05, 0) is 6.07 Å². The summed E-state index contributed by atoms with van der Waals surface area (Å²) in [4.78, 5) is 13.8. The van der Waals surface area contributed by atoms with E-state index in [9.17, 15) is 4.79 Å². The van der Waals surface area contributed by atoms with Crippen molar-refractivity contribution >= 4 is 5.91 Å². The number of ether oxygens (including phenoxy) is 1. The minimum absolute atomic E-state index is 0.0534. The maximum absolute atomic E-state index is 12.0. The summed E-state index contributed by atoms with van der Waals surface area (Å²) < 4.78 is 7.02. The molecule has 1 saturated heterocycles. The van der Waals surface area contributed by atoms with Gasteiger partial charge in [-0.2, -0.15) is 5.10 Å². The van der Waals surface area contributed by atoms with Crippen molar-refractivity contribution in [1.82, 2.24) is 14.7 Å². The van der Waals surface area contributed by atoms with E-state index in [1.54, 1.807) is 28.9 Å². The maximum atomic E-state index is 12.0. The van der Waals surface area contributed by atoms with Crippen LogP contribution in [0.4, 0.5) is 0 Å². The fourth-order valence-electron chi connectivity index (χ4n) is 1.74. The molecule has 2 heterocycles. The first kappa shape index (κ1) is 11.1. The second-order valence-corrected chi connectivity index (χ2v) is 3.85. The number of carbonyl (C=O) groups excluding carboxylic acids is 1. The van der Waals surface area contributed by atoms with E-state index < -0.39 is 0 Å². The van der Waals surface area contributed by atoms with Gasteiger partial charge >= 0.3 is 0 Å². The quantitative estimate of drug-likeness (QED) is 0.715. The number of morpholine rings is 1. The van der Waals surface area contributed by atoms with Crippen molar-refractivity contribution in [1.29, 1.82) is 0 Å². The number of aromatic nitrogens is 2. The standard InChI is InChI=1S/C10H16N4O2/c1-13-3-2-9(12-13)10(15)14-4-5-16-8(6-11)7-14/h2-3,8H,4-7,11H2,1H3. The van der Waals surface area contributed by atoms with Crippen molar-refractivity contribution in [3.63, 3.8) is 0 Å². The molecule has 1 fully saturated rings. The number of nitrogens with two attached hydrogens (primary N) is 1. The molecule has 1 aliphatic rings. The van der Waals surface area contributed by atoms with Crippen LogP contribution in [0.15, 0.2) is 12.3 Å². The summed E-state index contributed by atoms with van der Waals surface area (Å²) in [6.45, 7) is 2.13. The van der Waals surface area contributed by atoms with Crippen LogP contribution in [0.5, 0.6) is 0 Å². The van der Waals surface area contributed by atoms with Gasteiger partial charge in [-0.25, -0.2) is 0 Å². The lowest BCUT2D eigenvalue weighted by atomic mass is 10.2. The largest absolute Gasteiger partial charge is 0.373 e. The Labute approximate surface area is 94.0 Å². The number of carbonyl (C=O) groups is 1. The summed E-state index contributed by atoms with van der Waals surface area (Å²) in [5.74, 6) is -0.0534. The topological polar surface area (TPSA) is 73.4 Å². The van der Waals surface area contributed by atoms with Crippen LogP contribution in [0.2, 0.25) is 0 Å². The van der Waals surface area contributed by atoms with Crippen LogP contribution >= 0.6 is 0 Å². The van der Waals surface area contributed by atoms with Crippen molar-refractivity contribution in [3.05, 3.63) is 18.0 Å². The van der Waals surface area contributed by atoms with E-state index in [1.165, 1.54) is 0 Å². The number of hydrogen-bond acceptors (Lipinski definition) is 4. The summed E-state index contributed by atoms with van der Waals surface area (Å²) in [6.07, 6.45) is 1.70. The molecular formula is C10H16N4O2. The average Bonchev–Trinajstić information content (AvgIpc) is 2.75. The first-order chi connectivity index (χ1) is 7.70. The lowest BCUT2D eigenvalue weighted by Crippen LogP contribution is -2.48. The molecule has 1 unspecified atom stereocenters. The zero-order valence-electron chi connectivity index (χ0n) is 9.30. The first-order valence-corrected chi connectivity index (χ1v) is 5.31. The summed E-state index contributed by atoms with van der Waals surface area (Å²) in [5, 5.41) is 4.09. The normalized spacial score (nSPS) is 21.1. The fraction of sp³-hybridized carbons (Fsp3) is 0.600. The van der Waals surface area contributed by atoms with Crippen molar-refractivity contribution < 1.29 is 9.53 Å². The number of rotatable bonds is 2. The van der Waals surface area contributed by atoms with Crippen LogP contribution in [0.1, 0.15) is 10.5 Å². The zero-order chi connectivity index (χ0) is 11.5. The molecule has 1 aliphatic heterocycles. The van der Waals surface area contributed by atoms with E-state index in [-0.39, 0.29) is 12.0 Å². The molecule has 2 rings (SSSR count). The smallest absolute Gasteiger partial charge is 0.274 e. The Hall–Kier alpha value is -1.40. The van der Waals surface area contributed by atoms with E-state index in [4.69, 9.17) is 10.5 Å². The van der Waals surface area contributed by atoms with Gasteiger partial charge in [0.1, 0.15) is 5.69 Å². The van der Waals surface area contributed by atoms with Gasteiger partial charge in [0, 0.05) is 32.9 Å². The highest BCUT2D eigenvalue weighted by Crippen LogP contribution is 2.08. The van der Waals surface area contributed by atoms with E-state index in [0.717, 1.165) is 0 Å². The number of hydrogen-bond donors (Lipinski definition) is 1. The average molecular weight is 224 g/mol. The summed E-state index contributed by atoms with van der Waals surface area (Å²) in [7, 11) is 1.79. The SMILES string of the molecule is Cn1ccc(C(=O)N2CCOC(CN)C2)n1. The molecule has 0 spiro atoms.